The minimum Gasteiger partial charge on any atom is -0.373 e. The van der Waals surface area contributed by atoms with E-state index in [4.69, 9.17) is 9.72 Å². The Morgan fingerprint density at radius 2 is 2.06 bits per heavy atom. The number of nitrogens with one attached hydrogen (secondary N) is 1. The lowest BCUT2D eigenvalue weighted by Gasteiger charge is -2.33. The molecule has 1 atom stereocenters. The second kappa shape index (κ2) is 10.3. The summed E-state index contributed by atoms with van der Waals surface area (Å²) < 4.78 is 6.62. The molecule has 2 aromatic carbocycles. The van der Waals surface area contributed by atoms with Gasteiger partial charge in [0.25, 0.3) is 5.91 Å². The topological polar surface area (TPSA) is 71.5 Å². The van der Waals surface area contributed by atoms with Gasteiger partial charge in [-0.1, -0.05) is 51.8 Å². The van der Waals surface area contributed by atoms with Crippen molar-refractivity contribution in [1.82, 2.24) is 15.2 Å². The maximum Gasteiger partial charge on any atom is 0.254 e. The molecule has 2 amide bonds. The van der Waals surface area contributed by atoms with Crippen LogP contribution in [0.1, 0.15) is 34.1 Å². The third-order valence-corrected chi connectivity index (χ3v) is 6.01. The number of carbonyl (C=O) groups is 2. The summed E-state index contributed by atoms with van der Waals surface area (Å²) in [5.41, 5.74) is 4.35. The summed E-state index contributed by atoms with van der Waals surface area (Å²) in [5, 5.41) is 3.57. The van der Waals surface area contributed by atoms with Gasteiger partial charge in [-0.15, -0.1) is 0 Å². The van der Waals surface area contributed by atoms with Crippen LogP contribution in [0.4, 0.5) is 0 Å². The zero-order valence-corrected chi connectivity index (χ0v) is 20.3. The van der Waals surface area contributed by atoms with Crippen molar-refractivity contribution >= 4 is 50.8 Å². The van der Waals surface area contributed by atoms with Gasteiger partial charge in [0.1, 0.15) is 0 Å². The minimum absolute atomic E-state index is 0.0677. The molecule has 33 heavy (non-hydrogen) atoms. The number of nitrogens with zero attached hydrogens (tertiary/aromatic N) is 2. The molecule has 1 aromatic heterocycles. The van der Waals surface area contributed by atoms with Crippen molar-refractivity contribution in [1.29, 1.82) is 0 Å². The van der Waals surface area contributed by atoms with Gasteiger partial charge in [-0.05, 0) is 42.8 Å². The van der Waals surface area contributed by atoms with Gasteiger partial charge < -0.3 is 15.0 Å². The van der Waals surface area contributed by atoms with Gasteiger partial charge in [0, 0.05) is 36.4 Å². The van der Waals surface area contributed by atoms with Crippen LogP contribution in [0.5, 0.6) is 0 Å². The Kier molecular flexibility index (Phi) is 7.20. The highest BCUT2D eigenvalue weighted by Gasteiger charge is 2.26. The molecular weight excluding hydrogens is 482 g/mol. The molecule has 4 rings (SSSR count). The molecule has 170 valence electrons. The van der Waals surface area contributed by atoms with Crippen LogP contribution in [0.2, 0.25) is 0 Å². The number of fused-ring (bicyclic) bond motifs is 1. The quantitative estimate of drug-likeness (QED) is 0.553. The molecule has 1 unspecified atom stereocenters. The number of amides is 2. The number of benzene rings is 2. The van der Waals surface area contributed by atoms with E-state index < -0.39 is 0 Å². The Hall–Kier alpha value is -3.03. The van der Waals surface area contributed by atoms with Gasteiger partial charge in [0.15, 0.2) is 0 Å². The van der Waals surface area contributed by atoms with Gasteiger partial charge in [-0.3, -0.25) is 9.59 Å². The molecule has 1 saturated heterocycles. The van der Waals surface area contributed by atoms with E-state index in [1.165, 1.54) is 12.5 Å². The molecule has 1 aliphatic heterocycles. The van der Waals surface area contributed by atoms with Crippen molar-refractivity contribution in [3.63, 3.8) is 0 Å². The van der Waals surface area contributed by atoms with Crippen molar-refractivity contribution < 1.29 is 14.3 Å². The molecule has 0 spiro atoms. The van der Waals surface area contributed by atoms with E-state index in [0.717, 1.165) is 26.6 Å². The van der Waals surface area contributed by atoms with Gasteiger partial charge in [-0.25, -0.2) is 4.98 Å². The van der Waals surface area contributed by atoms with Crippen LogP contribution in [0, 0.1) is 6.92 Å². The predicted octanol–water partition coefficient (Wildman–Crippen LogP) is 4.45. The summed E-state index contributed by atoms with van der Waals surface area (Å²) in [5.74, 6) is -0.182. The number of hydrogen-bond donors (Lipinski definition) is 1. The standard InChI is InChI=1S/C26H26BrN3O3/c1-17-4-3-5-19(12-17)6-8-21-14-24(23-13-20(27)7-9-25(23)29-21)26(32)30-10-11-33-22(16-30)15-28-18(2)31/h3-9,12-14,22H,10-11,15-16H2,1-2H3,(H,28,31)/b8-6+. The average Bonchev–Trinajstić information content (AvgIpc) is 2.81. The van der Waals surface area contributed by atoms with E-state index in [-0.39, 0.29) is 17.9 Å². The van der Waals surface area contributed by atoms with Crippen LogP contribution >= 0.6 is 15.9 Å². The maximum atomic E-state index is 13.6. The van der Waals surface area contributed by atoms with E-state index in [0.29, 0.717) is 31.8 Å². The highest BCUT2D eigenvalue weighted by molar-refractivity contribution is 9.10. The first-order chi connectivity index (χ1) is 15.9. The van der Waals surface area contributed by atoms with Crippen molar-refractivity contribution in [2.24, 2.45) is 0 Å². The number of aryl methyl sites for hydroxylation is 1. The Labute approximate surface area is 201 Å². The molecule has 1 fully saturated rings. The number of halogens is 1. The molecular formula is C26H26BrN3O3. The Bertz CT molecular complexity index is 1220. The fraction of sp³-hybridized carbons (Fsp3) is 0.269. The first-order valence-corrected chi connectivity index (χ1v) is 11.7. The third kappa shape index (κ3) is 5.86. The summed E-state index contributed by atoms with van der Waals surface area (Å²) in [6, 6.07) is 15.8. The van der Waals surface area contributed by atoms with Crippen LogP contribution in [0.15, 0.2) is 53.0 Å². The molecule has 2 heterocycles. The van der Waals surface area contributed by atoms with Crippen LogP contribution in [0.25, 0.3) is 23.1 Å². The van der Waals surface area contributed by atoms with Crippen molar-refractivity contribution in [3.8, 4) is 0 Å². The van der Waals surface area contributed by atoms with Gasteiger partial charge in [0.2, 0.25) is 5.91 Å². The lowest BCUT2D eigenvalue weighted by atomic mass is 10.0. The number of rotatable bonds is 5. The molecule has 1 N–H and O–H groups in total. The average molecular weight is 508 g/mol. The Morgan fingerprint density at radius 1 is 1.21 bits per heavy atom. The highest BCUT2D eigenvalue weighted by Crippen LogP contribution is 2.25. The van der Waals surface area contributed by atoms with E-state index >= 15 is 0 Å². The summed E-state index contributed by atoms with van der Waals surface area (Å²) in [7, 11) is 0. The summed E-state index contributed by atoms with van der Waals surface area (Å²) in [6.45, 7) is 5.27. The molecule has 7 heteroatoms. The number of ether oxygens (including phenoxy) is 1. The van der Waals surface area contributed by atoms with E-state index in [2.05, 4.69) is 40.3 Å². The fourth-order valence-electron chi connectivity index (χ4n) is 3.89. The Morgan fingerprint density at radius 3 is 2.85 bits per heavy atom. The molecule has 6 nitrogen and oxygen atoms in total. The van der Waals surface area contributed by atoms with Gasteiger partial charge in [-0.2, -0.15) is 0 Å². The lowest BCUT2D eigenvalue weighted by molar-refractivity contribution is -0.120. The molecule has 0 saturated carbocycles. The van der Waals surface area contributed by atoms with E-state index in [9.17, 15) is 9.59 Å². The molecule has 0 radical (unpaired) electrons. The Balaban J connectivity index is 1.65. The van der Waals surface area contributed by atoms with Crippen LogP contribution in [-0.4, -0.2) is 54.0 Å². The normalized spacial score (nSPS) is 16.3. The van der Waals surface area contributed by atoms with Crippen LogP contribution < -0.4 is 5.32 Å². The monoisotopic (exact) mass is 507 g/mol. The number of morpholine rings is 1. The second-order valence-electron chi connectivity index (χ2n) is 8.18. The highest BCUT2D eigenvalue weighted by atomic mass is 79.9. The van der Waals surface area contributed by atoms with E-state index in [1.807, 2.05) is 48.6 Å². The number of aromatic nitrogens is 1. The summed E-state index contributed by atoms with van der Waals surface area (Å²) >= 11 is 3.52. The smallest absolute Gasteiger partial charge is 0.254 e. The van der Waals surface area contributed by atoms with Crippen molar-refractivity contribution in [3.05, 3.63) is 75.4 Å². The van der Waals surface area contributed by atoms with E-state index in [1.54, 1.807) is 4.90 Å². The predicted molar refractivity (Wildman–Crippen MR) is 134 cm³/mol. The maximum absolute atomic E-state index is 13.6. The summed E-state index contributed by atoms with van der Waals surface area (Å²) in [6.07, 6.45) is 3.71. The SMILES string of the molecule is CC(=O)NCC1CN(C(=O)c2cc(/C=C/c3cccc(C)c3)nc3ccc(Br)cc23)CCO1. The minimum atomic E-state index is -0.230. The van der Waals surface area contributed by atoms with Crippen molar-refractivity contribution in [2.75, 3.05) is 26.2 Å². The largest absolute Gasteiger partial charge is 0.373 e. The first kappa shape index (κ1) is 23.1. The zero-order valence-electron chi connectivity index (χ0n) is 18.7. The first-order valence-electron chi connectivity index (χ1n) is 10.9. The summed E-state index contributed by atoms with van der Waals surface area (Å²) in [4.78, 5) is 31.4. The second-order valence-corrected chi connectivity index (χ2v) is 9.10. The lowest BCUT2D eigenvalue weighted by Crippen LogP contribution is -2.49. The molecule has 1 aliphatic rings. The molecule has 0 bridgehead atoms. The third-order valence-electron chi connectivity index (χ3n) is 5.51. The van der Waals surface area contributed by atoms with Crippen molar-refractivity contribution in [2.45, 2.75) is 20.0 Å². The number of carbonyl (C=O) groups excluding carboxylic acids is 2. The number of pyridine rings is 1. The van der Waals surface area contributed by atoms with Gasteiger partial charge >= 0.3 is 0 Å². The number of hydrogen-bond acceptors (Lipinski definition) is 4. The zero-order chi connectivity index (χ0) is 23.4. The van der Waals surface area contributed by atoms with Gasteiger partial charge in [0.05, 0.1) is 29.5 Å². The fourth-order valence-corrected chi connectivity index (χ4v) is 4.25. The van der Waals surface area contributed by atoms with Crippen LogP contribution in [-0.2, 0) is 9.53 Å². The van der Waals surface area contributed by atoms with Crippen LogP contribution in [0.3, 0.4) is 0 Å². The molecule has 0 aliphatic carbocycles. The molecule has 3 aromatic rings.